The van der Waals surface area contributed by atoms with Gasteiger partial charge in [-0.1, -0.05) is 41.9 Å². The monoisotopic (exact) mass is 456 g/mol. The van der Waals surface area contributed by atoms with Crippen molar-refractivity contribution in [3.63, 3.8) is 0 Å². The number of aromatic nitrogens is 2. The summed E-state index contributed by atoms with van der Waals surface area (Å²) in [6.45, 7) is -0.148. The summed E-state index contributed by atoms with van der Waals surface area (Å²) in [5, 5.41) is 4.20. The van der Waals surface area contributed by atoms with Gasteiger partial charge in [0.1, 0.15) is 5.58 Å². The quantitative estimate of drug-likeness (QED) is 0.255. The number of fused-ring (bicyclic) bond motifs is 1. The van der Waals surface area contributed by atoms with Crippen molar-refractivity contribution >= 4 is 40.2 Å². The summed E-state index contributed by atoms with van der Waals surface area (Å²) < 4.78 is 5.90. The Hall–Kier alpha value is -4.09. The fraction of sp³-hybridized carbons (Fsp3) is 0.120. The molecule has 33 heavy (non-hydrogen) atoms. The number of benzene rings is 2. The molecule has 2 aromatic heterocycles. The number of rotatable bonds is 7. The SMILES string of the molecule is C#Cc1cccc(NC(=O)CN(C)C(=O)c2oc3ccccc3c2CSc2ncccn2)c1. The van der Waals surface area contributed by atoms with Crippen molar-refractivity contribution < 1.29 is 14.0 Å². The van der Waals surface area contributed by atoms with Crippen LogP contribution in [0.4, 0.5) is 5.69 Å². The highest BCUT2D eigenvalue weighted by atomic mass is 32.2. The Labute approximate surface area is 195 Å². The summed E-state index contributed by atoms with van der Waals surface area (Å²) in [6.07, 6.45) is 8.74. The van der Waals surface area contributed by atoms with E-state index in [2.05, 4.69) is 21.2 Å². The Kier molecular flexibility index (Phi) is 6.72. The van der Waals surface area contributed by atoms with Gasteiger partial charge in [0.15, 0.2) is 10.9 Å². The molecule has 2 heterocycles. The Morgan fingerprint density at radius 2 is 1.91 bits per heavy atom. The van der Waals surface area contributed by atoms with Crippen molar-refractivity contribution in [3.05, 3.63) is 83.9 Å². The lowest BCUT2D eigenvalue weighted by Crippen LogP contribution is -2.35. The van der Waals surface area contributed by atoms with Gasteiger partial charge in [-0.15, -0.1) is 6.42 Å². The smallest absolute Gasteiger partial charge is 0.290 e. The number of hydrogen-bond donors (Lipinski definition) is 1. The van der Waals surface area contributed by atoms with Gasteiger partial charge in [-0.05, 0) is 30.3 Å². The number of terminal acetylenes is 1. The molecule has 2 aromatic carbocycles. The van der Waals surface area contributed by atoms with Crippen LogP contribution < -0.4 is 5.32 Å². The van der Waals surface area contributed by atoms with E-state index in [0.29, 0.717) is 27.7 Å². The third-order valence-electron chi connectivity index (χ3n) is 4.82. The second-order valence-electron chi connectivity index (χ2n) is 7.16. The minimum atomic E-state index is -0.386. The van der Waals surface area contributed by atoms with Gasteiger partial charge in [-0.25, -0.2) is 9.97 Å². The van der Waals surface area contributed by atoms with Crippen molar-refractivity contribution in [2.45, 2.75) is 10.9 Å². The number of amides is 2. The molecule has 164 valence electrons. The third kappa shape index (κ3) is 5.22. The van der Waals surface area contributed by atoms with Crippen LogP contribution in [-0.2, 0) is 10.5 Å². The predicted octanol–water partition coefficient (Wildman–Crippen LogP) is 4.21. The topological polar surface area (TPSA) is 88.3 Å². The van der Waals surface area contributed by atoms with Gasteiger partial charge in [0, 0.05) is 47.4 Å². The second kappa shape index (κ2) is 10.0. The number of anilines is 1. The molecule has 0 atom stereocenters. The Morgan fingerprint density at radius 3 is 2.70 bits per heavy atom. The molecule has 0 aliphatic carbocycles. The van der Waals surface area contributed by atoms with E-state index in [4.69, 9.17) is 10.8 Å². The number of furan rings is 1. The van der Waals surface area contributed by atoms with E-state index in [9.17, 15) is 9.59 Å². The fourth-order valence-corrected chi connectivity index (χ4v) is 4.09. The van der Waals surface area contributed by atoms with Gasteiger partial charge in [0.2, 0.25) is 5.91 Å². The Balaban J connectivity index is 1.51. The first-order valence-corrected chi connectivity index (χ1v) is 11.1. The third-order valence-corrected chi connectivity index (χ3v) is 5.72. The number of carbonyl (C=O) groups excluding carboxylic acids is 2. The standard InChI is InChI=1S/C25H20N4O3S/c1-3-17-8-6-9-18(14-17)28-22(30)15-29(2)24(31)23-20(16-33-25-26-12-7-13-27-25)19-10-4-5-11-21(19)32-23/h1,4-14H,15-16H2,2H3,(H,28,30). The van der Waals surface area contributed by atoms with Crippen LogP contribution in [0.25, 0.3) is 11.0 Å². The zero-order valence-corrected chi connectivity index (χ0v) is 18.6. The minimum absolute atomic E-state index is 0.148. The van der Waals surface area contributed by atoms with Crippen molar-refractivity contribution in [2.24, 2.45) is 0 Å². The minimum Gasteiger partial charge on any atom is -0.451 e. The Bertz CT molecular complexity index is 1340. The van der Waals surface area contributed by atoms with E-state index >= 15 is 0 Å². The molecule has 4 aromatic rings. The molecule has 4 rings (SSSR count). The predicted molar refractivity (Wildman–Crippen MR) is 128 cm³/mol. The summed E-state index contributed by atoms with van der Waals surface area (Å²) in [5.41, 5.74) is 2.57. The molecule has 0 aliphatic rings. The van der Waals surface area contributed by atoms with E-state index in [0.717, 1.165) is 10.9 Å². The molecule has 0 bridgehead atoms. The largest absolute Gasteiger partial charge is 0.451 e. The first kappa shape index (κ1) is 22.1. The van der Waals surface area contributed by atoms with Gasteiger partial charge >= 0.3 is 0 Å². The van der Waals surface area contributed by atoms with Crippen molar-refractivity contribution in [1.82, 2.24) is 14.9 Å². The average Bonchev–Trinajstić information content (AvgIpc) is 3.21. The number of thioether (sulfide) groups is 1. The lowest BCUT2D eigenvalue weighted by atomic mass is 10.1. The molecular formula is C25H20N4O3S. The number of para-hydroxylation sites is 1. The molecule has 0 aliphatic heterocycles. The summed E-state index contributed by atoms with van der Waals surface area (Å²) >= 11 is 1.41. The maximum Gasteiger partial charge on any atom is 0.290 e. The van der Waals surface area contributed by atoms with Crippen LogP contribution in [-0.4, -0.2) is 40.3 Å². The molecule has 1 N–H and O–H groups in total. The van der Waals surface area contributed by atoms with Crippen LogP contribution in [0.15, 0.2) is 76.6 Å². The highest BCUT2D eigenvalue weighted by Gasteiger charge is 2.25. The van der Waals surface area contributed by atoms with Crippen molar-refractivity contribution in [3.8, 4) is 12.3 Å². The fourth-order valence-electron chi connectivity index (χ4n) is 3.26. The summed E-state index contributed by atoms with van der Waals surface area (Å²) in [4.78, 5) is 35.5. The number of nitrogens with one attached hydrogen (secondary N) is 1. The lowest BCUT2D eigenvalue weighted by molar-refractivity contribution is -0.116. The number of carbonyl (C=O) groups is 2. The van der Waals surface area contributed by atoms with Gasteiger partial charge in [-0.2, -0.15) is 0 Å². The molecule has 0 radical (unpaired) electrons. The van der Waals surface area contributed by atoms with Crippen LogP contribution in [0, 0.1) is 12.3 Å². The van der Waals surface area contributed by atoms with Crippen LogP contribution in [0.1, 0.15) is 21.7 Å². The maximum absolute atomic E-state index is 13.2. The van der Waals surface area contributed by atoms with Crippen LogP contribution >= 0.6 is 11.8 Å². The van der Waals surface area contributed by atoms with Gasteiger partial charge < -0.3 is 14.6 Å². The number of hydrogen-bond acceptors (Lipinski definition) is 6. The molecule has 0 spiro atoms. The van der Waals surface area contributed by atoms with Crippen LogP contribution in [0.5, 0.6) is 0 Å². The van der Waals surface area contributed by atoms with Crippen molar-refractivity contribution in [2.75, 3.05) is 18.9 Å². The van der Waals surface area contributed by atoms with Gasteiger partial charge in [-0.3, -0.25) is 9.59 Å². The van der Waals surface area contributed by atoms with Crippen LogP contribution in [0.2, 0.25) is 0 Å². The molecule has 8 heteroatoms. The van der Waals surface area contributed by atoms with E-state index in [1.807, 2.05) is 24.3 Å². The highest BCUT2D eigenvalue weighted by Crippen LogP contribution is 2.31. The van der Waals surface area contributed by atoms with Crippen molar-refractivity contribution in [1.29, 1.82) is 0 Å². The highest BCUT2D eigenvalue weighted by molar-refractivity contribution is 7.98. The lowest BCUT2D eigenvalue weighted by Gasteiger charge is -2.16. The molecule has 2 amide bonds. The van der Waals surface area contributed by atoms with E-state index < -0.39 is 0 Å². The summed E-state index contributed by atoms with van der Waals surface area (Å²) in [7, 11) is 1.56. The second-order valence-corrected chi connectivity index (χ2v) is 8.10. The molecule has 7 nitrogen and oxygen atoms in total. The van der Waals surface area contributed by atoms with E-state index in [1.54, 1.807) is 49.8 Å². The summed E-state index contributed by atoms with van der Waals surface area (Å²) in [6, 6.07) is 16.2. The average molecular weight is 457 g/mol. The molecule has 0 saturated carbocycles. The summed E-state index contributed by atoms with van der Waals surface area (Å²) in [5.74, 6) is 2.44. The normalized spacial score (nSPS) is 10.5. The molecule has 0 saturated heterocycles. The van der Waals surface area contributed by atoms with Crippen LogP contribution in [0.3, 0.4) is 0 Å². The zero-order valence-electron chi connectivity index (χ0n) is 17.8. The Morgan fingerprint density at radius 1 is 1.12 bits per heavy atom. The van der Waals surface area contributed by atoms with Gasteiger partial charge in [0.05, 0.1) is 6.54 Å². The maximum atomic E-state index is 13.2. The number of nitrogens with zero attached hydrogens (tertiary/aromatic N) is 3. The first-order chi connectivity index (χ1) is 16.0. The zero-order chi connectivity index (χ0) is 23.2. The van der Waals surface area contributed by atoms with Gasteiger partial charge in [0.25, 0.3) is 5.91 Å². The molecule has 0 fully saturated rings. The van der Waals surface area contributed by atoms with E-state index in [1.165, 1.54) is 16.7 Å². The number of likely N-dealkylation sites (N-methyl/N-ethyl adjacent to an activating group) is 1. The molecule has 0 unspecified atom stereocenters. The first-order valence-electron chi connectivity index (χ1n) is 10.1. The molecular weight excluding hydrogens is 436 g/mol. The van der Waals surface area contributed by atoms with E-state index in [-0.39, 0.29) is 24.1 Å².